The van der Waals surface area contributed by atoms with E-state index in [1.54, 1.807) is 30.3 Å². The van der Waals surface area contributed by atoms with Crippen LogP contribution in [0.1, 0.15) is 18.5 Å². The number of aliphatic hydroxyl groups excluding tert-OH is 1. The van der Waals surface area contributed by atoms with Crippen LogP contribution in [0.2, 0.25) is 0 Å². The molecule has 0 bridgehead atoms. The van der Waals surface area contributed by atoms with Gasteiger partial charge in [-0.25, -0.2) is 0 Å². The first-order valence-corrected chi connectivity index (χ1v) is 6.12. The lowest BCUT2D eigenvalue weighted by molar-refractivity contribution is -0.294. The summed E-state index contributed by atoms with van der Waals surface area (Å²) in [6.45, 7) is 0.155. The van der Waals surface area contributed by atoms with Crippen LogP contribution in [-0.2, 0) is 0 Å². The third-order valence-electron chi connectivity index (χ3n) is 3.07. The number of hydrogen-bond acceptors (Lipinski definition) is 2. The standard InChI is InChI=1S/C13H15F6NO/c1-8(9-5-3-2-4-6-9)20-10(7-21)11(12(14,15)16)13(17,18)19/h2-6,8,10-11,20-21H,7H2,1H3. The Labute approximate surface area is 117 Å². The summed E-state index contributed by atoms with van der Waals surface area (Å²) in [4.78, 5) is 0. The molecule has 1 aromatic rings. The van der Waals surface area contributed by atoms with Gasteiger partial charge in [-0.15, -0.1) is 0 Å². The third-order valence-corrected chi connectivity index (χ3v) is 3.07. The number of halogens is 6. The van der Waals surface area contributed by atoms with Gasteiger partial charge in [0.05, 0.1) is 12.6 Å². The molecule has 0 fully saturated rings. The Kier molecular flexibility index (Phi) is 5.63. The number of aliphatic hydroxyl groups is 1. The van der Waals surface area contributed by atoms with Crippen LogP contribution in [0, 0.1) is 5.92 Å². The van der Waals surface area contributed by atoms with E-state index >= 15 is 0 Å². The molecule has 1 rings (SSSR count). The molecule has 2 N–H and O–H groups in total. The Hall–Kier alpha value is -1.28. The van der Waals surface area contributed by atoms with Gasteiger partial charge in [0.1, 0.15) is 0 Å². The van der Waals surface area contributed by atoms with Crippen LogP contribution in [0.3, 0.4) is 0 Å². The number of hydrogen-bond donors (Lipinski definition) is 2. The topological polar surface area (TPSA) is 32.3 Å². The molecule has 2 nitrogen and oxygen atoms in total. The summed E-state index contributed by atoms with van der Waals surface area (Å²) in [6.07, 6.45) is -11.0. The predicted molar refractivity (Wildman–Crippen MR) is 64.5 cm³/mol. The van der Waals surface area contributed by atoms with Crippen molar-refractivity contribution in [1.82, 2.24) is 5.32 Å². The van der Waals surface area contributed by atoms with Crippen LogP contribution in [0.5, 0.6) is 0 Å². The predicted octanol–water partition coefficient (Wildman–Crippen LogP) is 3.44. The SMILES string of the molecule is CC(NC(CO)C(C(F)(F)F)C(F)(F)F)c1ccccc1. The lowest BCUT2D eigenvalue weighted by Crippen LogP contribution is -2.53. The fourth-order valence-electron chi connectivity index (χ4n) is 2.06. The van der Waals surface area contributed by atoms with Crippen molar-refractivity contribution in [1.29, 1.82) is 0 Å². The summed E-state index contributed by atoms with van der Waals surface area (Å²) >= 11 is 0. The fraction of sp³-hybridized carbons (Fsp3) is 0.538. The Morgan fingerprint density at radius 1 is 1.00 bits per heavy atom. The van der Waals surface area contributed by atoms with E-state index in [0.29, 0.717) is 5.56 Å². The van der Waals surface area contributed by atoms with E-state index in [1.807, 2.05) is 0 Å². The molecular formula is C13H15F6NO. The minimum absolute atomic E-state index is 0.527. The summed E-state index contributed by atoms with van der Waals surface area (Å²) in [7, 11) is 0. The molecule has 0 spiro atoms. The van der Waals surface area contributed by atoms with Gasteiger partial charge in [0.2, 0.25) is 0 Å². The molecule has 0 aliphatic carbocycles. The van der Waals surface area contributed by atoms with Gasteiger partial charge in [0.15, 0.2) is 5.92 Å². The van der Waals surface area contributed by atoms with Crippen LogP contribution in [0.15, 0.2) is 30.3 Å². The average Bonchev–Trinajstić information content (AvgIpc) is 2.35. The van der Waals surface area contributed by atoms with Crippen molar-refractivity contribution < 1.29 is 31.4 Å². The van der Waals surface area contributed by atoms with Crippen molar-refractivity contribution in [3.8, 4) is 0 Å². The Morgan fingerprint density at radius 3 is 1.86 bits per heavy atom. The van der Waals surface area contributed by atoms with E-state index in [9.17, 15) is 26.3 Å². The molecular weight excluding hydrogens is 300 g/mol. The first-order valence-electron chi connectivity index (χ1n) is 6.12. The monoisotopic (exact) mass is 315 g/mol. The van der Waals surface area contributed by atoms with Gasteiger partial charge in [-0.1, -0.05) is 30.3 Å². The molecule has 0 saturated heterocycles. The molecule has 8 heteroatoms. The largest absolute Gasteiger partial charge is 0.402 e. The molecule has 21 heavy (non-hydrogen) atoms. The van der Waals surface area contributed by atoms with E-state index in [2.05, 4.69) is 5.32 Å². The maximum absolute atomic E-state index is 12.6. The molecule has 0 amide bonds. The Balaban J connectivity index is 2.95. The lowest BCUT2D eigenvalue weighted by Gasteiger charge is -2.32. The highest BCUT2D eigenvalue weighted by molar-refractivity contribution is 5.18. The minimum atomic E-state index is -5.49. The summed E-state index contributed by atoms with van der Waals surface area (Å²) in [5.74, 6) is -3.62. The second kappa shape index (κ2) is 6.65. The summed E-state index contributed by atoms with van der Waals surface area (Å²) < 4.78 is 75.8. The van der Waals surface area contributed by atoms with Crippen LogP contribution in [-0.4, -0.2) is 30.1 Å². The number of alkyl halides is 6. The van der Waals surface area contributed by atoms with E-state index in [4.69, 9.17) is 5.11 Å². The smallest absolute Gasteiger partial charge is 0.395 e. The highest BCUT2D eigenvalue weighted by Crippen LogP contribution is 2.41. The first kappa shape index (κ1) is 17.8. The highest BCUT2D eigenvalue weighted by atomic mass is 19.4. The Morgan fingerprint density at radius 2 is 1.48 bits per heavy atom. The zero-order valence-electron chi connectivity index (χ0n) is 11.0. The summed E-state index contributed by atoms with van der Waals surface area (Å²) in [6, 6.07) is 5.12. The van der Waals surface area contributed by atoms with E-state index in [1.165, 1.54) is 6.92 Å². The number of nitrogens with one attached hydrogen (secondary N) is 1. The highest BCUT2D eigenvalue weighted by Gasteiger charge is 2.60. The van der Waals surface area contributed by atoms with Crippen molar-refractivity contribution in [3.05, 3.63) is 35.9 Å². The molecule has 2 atom stereocenters. The molecule has 1 aromatic carbocycles. The van der Waals surface area contributed by atoms with Gasteiger partial charge >= 0.3 is 12.4 Å². The molecule has 0 aliphatic rings. The normalized spacial score (nSPS) is 16.0. The van der Waals surface area contributed by atoms with E-state index in [0.717, 1.165) is 0 Å². The number of rotatable bonds is 5. The minimum Gasteiger partial charge on any atom is -0.395 e. The average molecular weight is 315 g/mol. The number of benzene rings is 1. The molecule has 0 aliphatic heterocycles. The molecule has 0 radical (unpaired) electrons. The van der Waals surface area contributed by atoms with Gasteiger partial charge in [0, 0.05) is 6.04 Å². The molecule has 0 saturated carbocycles. The van der Waals surface area contributed by atoms with Gasteiger partial charge in [-0.2, -0.15) is 26.3 Å². The van der Waals surface area contributed by atoms with E-state index < -0.39 is 37.0 Å². The summed E-state index contributed by atoms with van der Waals surface area (Å²) in [5.41, 5.74) is 0.527. The van der Waals surface area contributed by atoms with Crippen LogP contribution in [0.4, 0.5) is 26.3 Å². The zero-order chi connectivity index (χ0) is 16.3. The third kappa shape index (κ3) is 4.89. The second-order valence-electron chi connectivity index (χ2n) is 4.65. The molecule has 0 heterocycles. The first-order chi connectivity index (χ1) is 9.57. The van der Waals surface area contributed by atoms with Gasteiger partial charge in [-0.05, 0) is 12.5 Å². The maximum Gasteiger partial charge on any atom is 0.402 e. The maximum atomic E-state index is 12.6. The van der Waals surface area contributed by atoms with Crippen molar-refractivity contribution in [2.24, 2.45) is 5.92 Å². The van der Waals surface area contributed by atoms with Gasteiger partial charge < -0.3 is 10.4 Å². The van der Waals surface area contributed by atoms with Gasteiger partial charge in [-0.3, -0.25) is 0 Å². The van der Waals surface area contributed by atoms with Crippen molar-refractivity contribution >= 4 is 0 Å². The molecule has 0 aromatic heterocycles. The zero-order valence-corrected chi connectivity index (χ0v) is 11.0. The summed E-state index contributed by atoms with van der Waals surface area (Å²) in [5, 5.41) is 11.2. The van der Waals surface area contributed by atoms with Crippen molar-refractivity contribution in [2.75, 3.05) is 6.61 Å². The second-order valence-corrected chi connectivity index (χ2v) is 4.65. The Bertz CT molecular complexity index is 417. The van der Waals surface area contributed by atoms with Crippen molar-refractivity contribution in [2.45, 2.75) is 31.4 Å². The van der Waals surface area contributed by atoms with Gasteiger partial charge in [0.25, 0.3) is 0 Å². The lowest BCUT2D eigenvalue weighted by atomic mass is 9.97. The quantitative estimate of drug-likeness (QED) is 0.816. The van der Waals surface area contributed by atoms with Crippen LogP contribution in [0.25, 0.3) is 0 Å². The van der Waals surface area contributed by atoms with E-state index in [-0.39, 0.29) is 0 Å². The van der Waals surface area contributed by atoms with Crippen LogP contribution < -0.4 is 5.32 Å². The van der Waals surface area contributed by atoms with Crippen molar-refractivity contribution in [3.63, 3.8) is 0 Å². The fourth-order valence-corrected chi connectivity index (χ4v) is 2.06. The molecule has 120 valence electrons. The van der Waals surface area contributed by atoms with Crippen LogP contribution >= 0.6 is 0 Å². The molecule has 2 unspecified atom stereocenters.